The zero-order valence-corrected chi connectivity index (χ0v) is 14.0. The molecule has 2 heterocycles. The lowest BCUT2D eigenvalue weighted by Crippen LogP contribution is -2.41. The Morgan fingerprint density at radius 2 is 1.83 bits per heavy atom. The van der Waals surface area contributed by atoms with Crippen molar-refractivity contribution in [3.63, 3.8) is 0 Å². The molecule has 1 aromatic heterocycles. The van der Waals surface area contributed by atoms with Crippen LogP contribution in [-0.4, -0.2) is 46.0 Å². The number of hydrogen-bond donors (Lipinski definition) is 0. The molecule has 2 aromatic rings. The van der Waals surface area contributed by atoms with E-state index in [1.807, 2.05) is 24.3 Å². The van der Waals surface area contributed by atoms with E-state index >= 15 is 0 Å². The van der Waals surface area contributed by atoms with Crippen molar-refractivity contribution in [3.8, 4) is 0 Å². The zero-order valence-electron chi connectivity index (χ0n) is 13.2. The summed E-state index contributed by atoms with van der Waals surface area (Å²) < 4.78 is 27.1. The minimum atomic E-state index is -2.92. The Morgan fingerprint density at radius 3 is 2.43 bits per heavy atom. The molecule has 124 valence electrons. The van der Waals surface area contributed by atoms with E-state index in [1.165, 1.54) is 0 Å². The Labute approximate surface area is 135 Å². The molecule has 2 aliphatic rings. The van der Waals surface area contributed by atoms with Crippen LogP contribution in [0.25, 0.3) is 11.0 Å². The first kappa shape index (κ1) is 15.0. The van der Waals surface area contributed by atoms with Crippen LogP contribution < -0.4 is 5.69 Å². The first-order valence-corrected chi connectivity index (χ1v) is 9.89. The van der Waals surface area contributed by atoms with Gasteiger partial charge in [-0.3, -0.25) is 14.0 Å². The number of aryl methyl sites for hydroxylation is 1. The molecule has 1 aliphatic carbocycles. The topological polar surface area (TPSA) is 64.3 Å². The highest BCUT2D eigenvalue weighted by Gasteiger charge is 2.40. The van der Waals surface area contributed by atoms with Gasteiger partial charge in [0.2, 0.25) is 0 Å². The molecule has 1 saturated heterocycles. The van der Waals surface area contributed by atoms with E-state index < -0.39 is 9.84 Å². The first-order chi connectivity index (χ1) is 11.0. The summed E-state index contributed by atoms with van der Waals surface area (Å²) in [5, 5.41) is 0. The normalized spacial score (nSPS) is 23.8. The van der Waals surface area contributed by atoms with Crippen LogP contribution in [0, 0.1) is 0 Å². The predicted molar refractivity (Wildman–Crippen MR) is 89.1 cm³/mol. The van der Waals surface area contributed by atoms with Gasteiger partial charge >= 0.3 is 5.69 Å². The van der Waals surface area contributed by atoms with Gasteiger partial charge in [-0.2, -0.15) is 0 Å². The summed E-state index contributed by atoms with van der Waals surface area (Å²) in [6.45, 7) is 0.477. The molecule has 6 nitrogen and oxygen atoms in total. The summed E-state index contributed by atoms with van der Waals surface area (Å²) in [6.07, 6.45) is 2.87. The molecule has 7 heteroatoms. The van der Waals surface area contributed by atoms with Crippen molar-refractivity contribution in [2.24, 2.45) is 7.05 Å². The molecule has 0 radical (unpaired) electrons. The molecule has 0 amide bonds. The number of aromatic nitrogens is 2. The SMILES string of the molecule is Cn1c(=O)n(CN(C2CC2)[C@H]2CCS(=O)(=O)C2)c2ccccc21. The third-order valence-corrected chi connectivity index (χ3v) is 6.80. The number of nitrogens with zero attached hydrogens (tertiary/aromatic N) is 3. The zero-order chi connectivity index (χ0) is 16.2. The maximum absolute atomic E-state index is 12.6. The molecule has 0 bridgehead atoms. The predicted octanol–water partition coefficient (Wildman–Crippen LogP) is 0.949. The number of hydrogen-bond acceptors (Lipinski definition) is 4. The van der Waals surface area contributed by atoms with Crippen molar-refractivity contribution >= 4 is 20.9 Å². The van der Waals surface area contributed by atoms with Gasteiger partial charge in [0.1, 0.15) is 0 Å². The van der Waals surface area contributed by atoms with Crippen LogP contribution in [0.4, 0.5) is 0 Å². The minimum Gasteiger partial charge on any atom is -0.295 e. The monoisotopic (exact) mass is 335 g/mol. The molecule has 0 N–H and O–H groups in total. The van der Waals surface area contributed by atoms with Crippen molar-refractivity contribution in [2.45, 2.75) is 38.0 Å². The van der Waals surface area contributed by atoms with E-state index in [0.29, 0.717) is 19.1 Å². The second kappa shape index (κ2) is 5.21. The van der Waals surface area contributed by atoms with Gasteiger partial charge in [0, 0.05) is 19.1 Å². The lowest BCUT2D eigenvalue weighted by atomic mass is 10.2. The van der Waals surface area contributed by atoms with Crippen molar-refractivity contribution in [1.82, 2.24) is 14.0 Å². The number of benzene rings is 1. The fourth-order valence-electron chi connectivity index (χ4n) is 3.64. The number of fused-ring (bicyclic) bond motifs is 1. The second-order valence-corrected chi connectivity index (χ2v) is 8.93. The smallest absolute Gasteiger partial charge is 0.295 e. The van der Waals surface area contributed by atoms with Gasteiger partial charge in [-0.25, -0.2) is 13.2 Å². The lowest BCUT2D eigenvalue weighted by Gasteiger charge is -2.28. The molecule has 0 unspecified atom stereocenters. The van der Waals surface area contributed by atoms with Crippen molar-refractivity contribution in [2.75, 3.05) is 11.5 Å². The van der Waals surface area contributed by atoms with Gasteiger partial charge in [-0.15, -0.1) is 0 Å². The summed E-state index contributed by atoms with van der Waals surface area (Å²) in [6, 6.07) is 8.20. The highest BCUT2D eigenvalue weighted by molar-refractivity contribution is 7.91. The lowest BCUT2D eigenvalue weighted by molar-refractivity contribution is 0.154. The van der Waals surface area contributed by atoms with Gasteiger partial charge in [0.25, 0.3) is 0 Å². The van der Waals surface area contributed by atoms with Crippen molar-refractivity contribution in [3.05, 3.63) is 34.7 Å². The van der Waals surface area contributed by atoms with Gasteiger partial charge in [0.05, 0.1) is 29.2 Å². The molecule has 1 atom stereocenters. The van der Waals surface area contributed by atoms with Crippen molar-refractivity contribution in [1.29, 1.82) is 0 Å². The highest BCUT2D eigenvalue weighted by atomic mass is 32.2. The largest absolute Gasteiger partial charge is 0.329 e. The molecule has 23 heavy (non-hydrogen) atoms. The van der Waals surface area contributed by atoms with E-state index in [2.05, 4.69) is 4.90 Å². The maximum atomic E-state index is 12.6. The molecular weight excluding hydrogens is 314 g/mol. The third-order valence-electron chi connectivity index (χ3n) is 5.05. The number of para-hydroxylation sites is 2. The first-order valence-electron chi connectivity index (χ1n) is 8.07. The van der Waals surface area contributed by atoms with Crippen LogP contribution in [-0.2, 0) is 23.6 Å². The molecule has 0 spiro atoms. The number of sulfone groups is 1. The Hall–Kier alpha value is -1.60. The Kier molecular flexibility index (Phi) is 3.39. The van der Waals surface area contributed by atoms with Crippen LogP contribution in [0.5, 0.6) is 0 Å². The van der Waals surface area contributed by atoms with E-state index in [0.717, 1.165) is 23.9 Å². The Morgan fingerprint density at radius 1 is 1.13 bits per heavy atom. The maximum Gasteiger partial charge on any atom is 0.329 e. The Balaban J connectivity index is 1.71. The van der Waals surface area contributed by atoms with Gasteiger partial charge in [0.15, 0.2) is 9.84 Å². The van der Waals surface area contributed by atoms with Crippen LogP contribution in [0.3, 0.4) is 0 Å². The highest BCUT2D eigenvalue weighted by Crippen LogP contribution is 2.32. The van der Waals surface area contributed by atoms with Gasteiger partial charge < -0.3 is 0 Å². The molecule has 2 fully saturated rings. The average Bonchev–Trinajstić information content (AvgIpc) is 3.26. The summed E-state index contributed by atoms with van der Waals surface area (Å²) in [4.78, 5) is 14.8. The van der Waals surface area contributed by atoms with Crippen LogP contribution in [0.15, 0.2) is 29.1 Å². The van der Waals surface area contributed by atoms with E-state index in [-0.39, 0.29) is 23.2 Å². The van der Waals surface area contributed by atoms with Crippen LogP contribution >= 0.6 is 0 Å². The second-order valence-electron chi connectivity index (χ2n) is 6.70. The quantitative estimate of drug-likeness (QED) is 0.834. The van der Waals surface area contributed by atoms with E-state index in [4.69, 9.17) is 0 Å². The van der Waals surface area contributed by atoms with Crippen LogP contribution in [0.1, 0.15) is 19.3 Å². The molecule has 4 rings (SSSR count). The third kappa shape index (κ3) is 2.61. The average molecular weight is 335 g/mol. The fourth-order valence-corrected chi connectivity index (χ4v) is 5.38. The van der Waals surface area contributed by atoms with Gasteiger partial charge in [-0.05, 0) is 31.4 Å². The Bertz CT molecular complexity index is 908. The molecule has 1 aromatic carbocycles. The summed E-state index contributed by atoms with van der Waals surface area (Å²) in [5.41, 5.74) is 1.77. The standard InChI is InChI=1S/C16H21N3O3S/c1-17-14-4-2-3-5-15(14)19(16(17)20)11-18(12-6-7-12)13-8-9-23(21,22)10-13/h2-5,12-13H,6-11H2,1H3/t13-/m0/s1. The molecular formula is C16H21N3O3S. The molecule has 1 aliphatic heterocycles. The van der Waals surface area contributed by atoms with Gasteiger partial charge in [-0.1, -0.05) is 12.1 Å². The number of imidazole rings is 1. The van der Waals surface area contributed by atoms with Crippen molar-refractivity contribution < 1.29 is 8.42 Å². The summed E-state index contributed by atoms with van der Waals surface area (Å²) in [7, 11) is -1.14. The number of rotatable bonds is 4. The van der Waals surface area contributed by atoms with E-state index in [1.54, 1.807) is 16.2 Å². The van der Waals surface area contributed by atoms with Crippen LogP contribution in [0.2, 0.25) is 0 Å². The fraction of sp³-hybridized carbons (Fsp3) is 0.562. The van der Waals surface area contributed by atoms with E-state index in [9.17, 15) is 13.2 Å². The minimum absolute atomic E-state index is 0.0402. The summed E-state index contributed by atoms with van der Waals surface area (Å²) >= 11 is 0. The molecule has 1 saturated carbocycles. The summed E-state index contributed by atoms with van der Waals surface area (Å²) in [5.74, 6) is 0.494.